The molecule has 0 aliphatic rings. The third kappa shape index (κ3) is 4.65. The lowest BCUT2D eigenvalue weighted by Gasteiger charge is -2.19. The summed E-state index contributed by atoms with van der Waals surface area (Å²) in [5, 5.41) is 3.62. The van der Waals surface area contributed by atoms with E-state index in [0.717, 1.165) is 16.9 Å². The van der Waals surface area contributed by atoms with Gasteiger partial charge in [-0.15, -0.1) is 0 Å². The number of benzene rings is 2. The van der Waals surface area contributed by atoms with Crippen molar-refractivity contribution < 1.29 is 14.3 Å². The van der Waals surface area contributed by atoms with E-state index in [1.165, 1.54) is 0 Å². The highest BCUT2D eigenvalue weighted by molar-refractivity contribution is 6.31. The molecule has 0 saturated heterocycles. The van der Waals surface area contributed by atoms with Crippen LogP contribution in [0.2, 0.25) is 5.02 Å². The highest BCUT2D eigenvalue weighted by Crippen LogP contribution is 2.22. The monoisotopic (exact) mass is 347 g/mol. The fraction of sp³-hybridized carbons (Fsp3) is 0.316. The summed E-state index contributed by atoms with van der Waals surface area (Å²) in [6.45, 7) is 5.55. The topological polar surface area (TPSA) is 47.6 Å². The number of carbonyl (C=O) groups is 1. The van der Waals surface area contributed by atoms with Crippen LogP contribution in [0.15, 0.2) is 42.5 Å². The largest absolute Gasteiger partial charge is 0.497 e. The van der Waals surface area contributed by atoms with Gasteiger partial charge in [-0.2, -0.15) is 0 Å². The molecular weight excluding hydrogens is 326 g/mol. The molecule has 0 spiro atoms. The van der Waals surface area contributed by atoms with Gasteiger partial charge in [-0.1, -0.05) is 23.7 Å². The SMILES string of the molecule is COc1ccc([C@H](C)NC(=O)[C@H](C)Oc2ccc(Cl)c(C)c2)cc1. The van der Waals surface area contributed by atoms with Crippen molar-refractivity contribution in [3.05, 3.63) is 58.6 Å². The van der Waals surface area contributed by atoms with E-state index in [1.807, 2.05) is 44.2 Å². The van der Waals surface area contributed by atoms with Crippen LogP contribution < -0.4 is 14.8 Å². The molecule has 0 bridgehead atoms. The predicted molar refractivity (Wildman–Crippen MR) is 95.8 cm³/mol. The zero-order valence-corrected chi connectivity index (χ0v) is 15.1. The van der Waals surface area contributed by atoms with E-state index in [2.05, 4.69) is 5.32 Å². The van der Waals surface area contributed by atoms with Crippen LogP contribution >= 0.6 is 11.6 Å². The molecule has 0 fully saturated rings. The first kappa shape index (κ1) is 18.1. The maximum atomic E-state index is 12.3. The molecule has 0 aliphatic carbocycles. The quantitative estimate of drug-likeness (QED) is 0.847. The number of hydrogen-bond acceptors (Lipinski definition) is 3. The van der Waals surface area contributed by atoms with Gasteiger partial charge in [-0.3, -0.25) is 4.79 Å². The summed E-state index contributed by atoms with van der Waals surface area (Å²) < 4.78 is 10.8. The predicted octanol–water partition coefficient (Wildman–Crippen LogP) is 4.30. The van der Waals surface area contributed by atoms with Crippen molar-refractivity contribution in [3.63, 3.8) is 0 Å². The van der Waals surface area contributed by atoms with Crippen LogP contribution in [0.25, 0.3) is 0 Å². The fourth-order valence-electron chi connectivity index (χ4n) is 2.25. The van der Waals surface area contributed by atoms with Crippen LogP contribution in [0, 0.1) is 6.92 Å². The Labute approximate surface area is 147 Å². The molecule has 128 valence electrons. The van der Waals surface area contributed by atoms with Gasteiger partial charge in [0.15, 0.2) is 6.10 Å². The van der Waals surface area contributed by atoms with Crippen molar-refractivity contribution in [3.8, 4) is 11.5 Å². The summed E-state index contributed by atoms with van der Waals surface area (Å²) in [6.07, 6.45) is -0.605. The molecule has 0 unspecified atom stereocenters. The first-order valence-corrected chi connectivity index (χ1v) is 8.15. The van der Waals surface area contributed by atoms with Gasteiger partial charge >= 0.3 is 0 Å². The molecule has 0 aliphatic heterocycles. The Morgan fingerprint density at radius 1 is 1.08 bits per heavy atom. The van der Waals surface area contributed by atoms with Gasteiger partial charge in [0.1, 0.15) is 11.5 Å². The number of amides is 1. The van der Waals surface area contributed by atoms with Crippen molar-refractivity contribution in [2.24, 2.45) is 0 Å². The van der Waals surface area contributed by atoms with E-state index in [1.54, 1.807) is 26.2 Å². The Morgan fingerprint density at radius 3 is 2.29 bits per heavy atom. The Bertz CT molecular complexity index is 700. The van der Waals surface area contributed by atoms with Gasteiger partial charge in [0.2, 0.25) is 0 Å². The molecule has 1 amide bonds. The van der Waals surface area contributed by atoms with E-state index in [4.69, 9.17) is 21.1 Å². The third-order valence-corrected chi connectivity index (χ3v) is 4.21. The highest BCUT2D eigenvalue weighted by Gasteiger charge is 2.18. The van der Waals surface area contributed by atoms with Gasteiger partial charge in [0, 0.05) is 5.02 Å². The fourth-order valence-corrected chi connectivity index (χ4v) is 2.37. The molecule has 2 atom stereocenters. The minimum atomic E-state index is -0.605. The highest BCUT2D eigenvalue weighted by atomic mass is 35.5. The smallest absolute Gasteiger partial charge is 0.261 e. The lowest BCUT2D eigenvalue weighted by molar-refractivity contribution is -0.127. The van der Waals surface area contributed by atoms with Crippen molar-refractivity contribution in [1.82, 2.24) is 5.32 Å². The van der Waals surface area contributed by atoms with Gasteiger partial charge < -0.3 is 14.8 Å². The van der Waals surface area contributed by atoms with Crippen molar-refractivity contribution >= 4 is 17.5 Å². The van der Waals surface area contributed by atoms with Crippen LogP contribution in [-0.4, -0.2) is 19.1 Å². The molecule has 2 aromatic carbocycles. The molecule has 0 radical (unpaired) electrons. The van der Waals surface area contributed by atoms with E-state index < -0.39 is 6.10 Å². The Hall–Kier alpha value is -2.20. The van der Waals surface area contributed by atoms with Gasteiger partial charge in [0.05, 0.1) is 13.2 Å². The van der Waals surface area contributed by atoms with Crippen LogP contribution in [0.5, 0.6) is 11.5 Å². The Kier molecular flexibility index (Phi) is 6.10. The van der Waals surface area contributed by atoms with Gasteiger partial charge in [-0.25, -0.2) is 0 Å². The number of halogens is 1. The first-order valence-electron chi connectivity index (χ1n) is 7.78. The number of hydrogen-bond donors (Lipinski definition) is 1. The Morgan fingerprint density at radius 2 is 1.71 bits per heavy atom. The van der Waals surface area contributed by atoms with Crippen molar-refractivity contribution in [1.29, 1.82) is 0 Å². The number of rotatable bonds is 6. The number of carbonyl (C=O) groups excluding carboxylic acids is 1. The average molecular weight is 348 g/mol. The molecule has 24 heavy (non-hydrogen) atoms. The summed E-state index contributed by atoms with van der Waals surface area (Å²) in [5.74, 6) is 1.23. The van der Waals surface area contributed by atoms with E-state index in [9.17, 15) is 4.79 Å². The number of nitrogens with one attached hydrogen (secondary N) is 1. The zero-order valence-electron chi connectivity index (χ0n) is 14.3. The van der Waals surface area contributed by atoms with Crippen molar-refractivity contribution in [2.45, 2.75) is 32.9 Å². The zero-order chi connectivity index (χ0) is 17.7. The summed E-state index contributed by atoms with van der Waals surface area (Å²) in [5.41, 5.74) is 1.91. The number of aryl methyl sites for hydroxylation is 1. The second kappa shape index (κ2) is 8.06. The number of ether oxygens (including phenoxy) is 2. The van der Waals surface area contributed by atoms with Crippen LogP contribution in [-0.2, 0) is 4.79 Å². The summed E-state index contributed by atoms with van der Waals surface area (Å²) in [6, 6.07) is 12.8. The summed E-state index contributed by atoms with van der Waals surface area (Å²) >= 11 is 5.99. The Balaban J connectivity index is 1.95. The molecule has 0 saturated carbocycles. The third-order valence-electron chi connectivity index (χ3n) is 3.79. The molecule has 4 nitrogen and oxygen atoms in total. The molecule has 2 aromatic rings. The maximum absolute atomic E-state index is 12.3. The average Bonchev–Trinajstić information content (AvgIpc) is 2.58. The van der Waals surface area contributed by atoms with E-state index in [-0.39, 0.29) is 11.9 Å². The lowest BCUT2D eigenvalue weighted by Crippen LogP contribution is -2.37. The van der Waals surface area contributed by atoms with Crippen LogP contribution in [0.4, 0.5) is 0 Å². The normalized spacial score (nSPS) is 13.0. The molecule has 0 heterocycles. The lowest BCUT2D eigenvalue weighted by atomic mass is 10.1. The molecule has 1 N–H and O–H groups in total. The summed E-state index contributed by atoms with van der Waals surface area (Å²) in [7, 11) is 1.62. The van der Waals surface area contributed by atoms with Gasteiger partial charge in [-0.05, 0) is 62.2 Å². The maximum Gasteiger partial charge on any atom is 0.261 e. The van der Waals surface area contributed by atoms with Gasteiger partial charge in [0.25, 0.3) is 5.91 Å². The standard InChI is InChI=1S/C19H22ClNO3/c1-12-11-17(9-10-18(12)20)24-14(3)19(22)21-13(2)15-5-7-16(23-4)8-6-15/h5-11,13-14H,1-4H3,(H,21,22)/t13-,14-/m0/s1. The molecule has 5 heteroatoms. The van der Waals surface area contributed by atoms with Crippen LogP contribution in [0.1, 0.15) is 31.0 Å². The molecule has 0 aromatic heterocycles. The van der Waals surface area contributed by atoms with Crippen LogP contribution in [0.3, 0.4) is 0 Å². The molecule has 2 rings (SSSR count). The van der Waals surface area contributed by atoms with E-state index >= 15 is 0 Å². The second-order valence-corrected chi connectivity index (χ2v) is 6.08. The second-order valence-electron chi connectivity index (χ2n) is 5.67. The summed E-state index contributed by atoms with van der Waals surface area (Å²) in [4.78, 5) is 12.3. The molecular formula is C19H22ClNO3. The number of methoxy groups -OCH3 is 1. The minimum absolute atomic E-state index is 0.124. The first-order chi connectivity index (χ1) is 11.4. The minimum Gasteiger partial charge on any atom is -0.497 e. The van der Waals surface area contributed by atoms with Crippen molar-refractivity contribution in [2.75, 3.05) is 7.11 Å². The van der Waals surface area contributed by atoms with E-state index in [0.29, 0.717) is 10.8 Å².